The van der Waals surface area contributed by atoms with Crippen molar-refractivity contribution in [1.29, 1.82) is 0 Å². The molecule has 0 aliphatic carbocycles. The standard InChI is InChI=1S/C10H20O4Si/c1-7(9(11)13-3)8(2)10(12)14-15(4,5)6/h7-8H,1-6H3. The van der Waals surface area contributed by atoms with Crippen LogP contribution >= 0.6 is 0 Å². The van der Waals surface area contributed by atoms with Gasteiger partial charge in [0, 0.05) is 0 Å². The number of methoxy groups -OCH3 is 1. The van der Waals surface area contributed by atoms with Crippen molar-refractivity contribution in [3.8, 4) is 0 Å². The van der Waals surface area contributed by atoms with Crippen LogP contribution in [0.25, 0.3) is 0 Å². The van der Waals surface area contributed by atoms with E-state index in [1.165, 1.54) is 7.11 Å². The molecular formula is C10H20O4Si. The average molecular weight is 232 g/mol. The van der Waals surface area contributed by atoms with E-state index < -0.39 is 20.2 Å². The lowest BCUT2D eigenvalue weighted by Gasteiger charge is -2.22. The largest absolute Gasteiger partial charge is 0.520 e. The Labute approximate surface area is 92.1 Å². The molecule has 0 fully saturated rings. The Hall–Kier alpha value is -0.843. The molecule has 0 amide bonds. The second-order valence-corrected chi connectivity index (χ2v) is 9.06. The van der Waals surface area contributed by atoms with Crippen molar-refractivity contribution < 1.29 is 18.8 Å². The highest BCUT2D eigenvalue weighted by molar-refractivity contribution is 6.71. The zero-order valence-corrected chi connectivity index (χ0v) is 11.3. The van der Waals surface area contributed by atoms with Crippen molar-refractivity contribution in [2.45, 2.75) is 33.5 Å². The molecule has 0 bridgehead atoms. The summed E-state index contributed by atoms with van der Waals surface area (Å²) in [5.41, 5.74) is 0. The van der Waals surface area contributed by atoms with E-state index in [0.717, 1.165) is 0 Å². The van der Waals surface area contributed by atoms with Gasteiger partial charge in [-0.05, 0) is 19.6 Å². The van der Waals surface area contributed by atoms with Crippen LogP contribution in [-0.4, -0.2) is 27.4 Å². The summed E-state index contributed by atoms with van der Waals surface area (Å²) in [5, 5.41) is 0. The fourth-order valence-corrected chi connectivity index (χ4v) is 1.78. The number of ether oxygens (including phenoxy) is 1. The zero-order valence-electron chi connectivity index (χ0n) is 10.3. The van der Waals surface area contributed by atoms with E-state index in [0.29, 0.717) is 0 Å². The minimum absolute atomic E-state index is 0.313. The molecule has 0 radical (unpaired) electrons. The molecule has 2 unspecified atom stereocenters. The number of esters is 1. The number of carbonyl (C=O) groups is 2. The van der Waals surface area contributed by atoms with Crippen molar-refractivity contribution in [3.05, 3.63) is 0 Å². The van der Waals surface area contributed by atoms with Gasteiger partial charge in [-0.25, -0.2) is 0 Å². The fraction of sp³-hybridized carbons (Fsp3) is 0.800. The van der Waals surface area contributed by atoms with E-state index >= 15 is 0 Å². The summed E-state index contributed by atoms with van der Waals surface area (Å²) in [6, 6.07) is 0. The van der Waals surface area contributed by atoms with E-state index in [2.05, 4.69) is 4.74 Å². The molecule has 0 aromatic rings. The molecule has 5 heteroatoms. The van der Waals surface area contributed by atoms with E-state index in [1.54, 1.807) is 13.8 Å². The maximum absolute atomic E-state index is 11.6. The number of hydrogen-bond acceptors (Lipinski definition) is 4. The molecule has 0 N–H and O–H groups in total. The SMILES string of the molecule is COC(=O)C(C)C(C)C(=O)O[Si](C)(C)C. The van der Waals surface area contributed by atoms with Crippen molar-refractivity contribution in [3.63, 3.8) is 0 Å². The molecular weight excluding hydrogens is 212 g/mol. The van der Waals surface area contributed by atoms with Crippen LogP contribution in [0.15, 0.2) is 0 Å². The Balaban J connectivity index is 4.39. The summed E-state index contributed by atoms with van der Waals surface area (Å²) >= 11 is 0. The van der Waals surface area contributed by atoms with Crippen LogP contribution in [0.3, 0.4) is 0 Å². The van der Waals surface area contributed by atoms with Gasteiger partial charge >= 0.3 is 5.97 Å². The third-order valence-electron chi connectivity index (χ3n) is 2.10. The first-order valence-electron chi connectivity index (χ1n) is 4.99. The summed E-state index contributed by atoms with van der Waals surface area (Å²) in [5.74, 6) is -1.61. The molecule has 0 saturated carbocycles. The molecule has 0 saturated heterocycles. The summed E-state index contributed by atoms with van der Waals surface area (Å²) < 4.78 is 9.89. The van der Waals surface area contributed by atoms with Crippen molar-refractivity contribution in [1.82, 2.24) is 0 Å². The van der Waals surface area contributed by atoms with Crippen LogP contribution in [0, 0.1) is 11.8 Å². The van der Waals surface area contributed by atoms with E-state index in [1.807, 2.05) is 19.6 Å². The highest BCUT2D eigenvalue weighted by atomic mass is 28.4. The Kier molecular flexibility index (Phi) is 5.00. The first-order chi connectivity index (χ1) is 6.69. The second kappa shape index (κ2) is 5.30. The van der Waals surface area contributed by atoms with Gasteiger partial charge in [0.1, 0.15) is 0 Å². The Bertz CT molecular complexity index is 244. The summed E-state index contributed by atoms with van der Waals surface area (Å²) in [4.78, 5) is 22.8. The molecule has 0 aliphatic heterocycles. The smallest absolute Gasteiger partial charge is 0.309 e. The van der Waals surface area contributed by atoms with E-state index in [9.17, 15) is 9.59 Å². The second-order valence-electron chi connectivity index (χ2n) is 4.63. The van der Waals surface area contributed by atoms with Gasteiger partial charge in [0.25, 0.3) is 5.97 Å². The van der Waals surface area contributed by atoms with Crippen LogP contribution in [0.1, 0.15) is 13.8 Å². The van der Waals surface area contributed by atoms with Crippen LogP contribution in [0.2, 0.25) is 19.6 Å². The molecule has 0 aromatic carbocycles. The normalized spacial score (nSPS) is 15.3. The van der Waals surface area contributed by atoms with Crippen LogP contribution in [0.4, 0.5) is 0 Å². The molecule has 0 heterocycles. The predicted octanol–water partition coefficient (Wildman–Crippen LogP) is 1.81. The number of hydrogen-bond donors (Lipinski definition) is 0. The Morgan fingerprint density at radius 2 is 1.40 bits per heavy atom. The molecule has 4 nitrogen and oxygen atoms in total. The lowest BCUT2D eigenvalue weighted by Crippen LogP contribution is -2.35. The summed E-state index contributed by atoms with van der Waals surface area (Å²) in [7, 11) is -0.561. The predicted molar refractivity (Wildman–Crippen MR) is 59.8 cm³/mol. The van der Waals surface area contributed by atoms with Gasteiger partial charge in [-0.2, -0.15) is 0 Å². The molecule has 0 rings (SSSR count). The van der Waals surface area contributed by atoms with E-state index in [-0.39, 0.29) is 11.9 Å². The lowest BCUT2D eigenvalue weighted by molar-refractivity contribution is -0.153. The van der Waals surface area contributed by atoms with Crippen LogP contribution < -0.4 is 0 Å². The molecule has 15 heavy (non-hydrogen) atoms. The van der Waals surface area contributed by atoms with Gasteiger partial charge < -0.3 is 9.16 Å². The first kappa shape index (κ1) is 14.2. The molecule has 0 aromatic heterocycles. The quantitative estimate of drug-likeness (QED) is 0.548. The van der Waals surface area contributed by atoms with Gasteiger partial charge in [0.2, 0.25) is 8.32 Å². The van der Waals surface area contributed by atoms with Crippen molar-refractivity contribution in [2.75, 3.05) is 7.11 Å². The van der Waals surface area contributed by atoms with Gasteiger partial charge in [0.05, 0.1) is 18.9 Å². The monoisotopic (exact) mass is 232 g/mol. The van der Waals surface area contributed by atoms with Gasteiger partial charge in [-0.1, -0.05) is 13.8 Å². The summed E-state index contributed by atoms with van der Waals surface area (Å²) in [6.45, 7) is 9.15. The molecule has 0 spiro atoms. The highest BCUT2D eigenvalue weighted by Gasteiger charge is 2.31. The molecule has 88 valence electrons. The zero-order chi connectivity index (χ0) is 12.2. The van der Waals surface area contributed by atoms with Crippen molar-refractivity contribution >= 4 is 20.3 Å². The summed E-state index contributed by atoms with van der Waals surface area (Å²) in [6.07, 6.45) is 0. The van der Waals surface area contributed by atoms with Gasteiger partial charge in [-0.15, -0.1) is 0 Å². The maximum atomic E-state index is 11.6. The first-order valence-corrected chi connectivity index (χ1v) is 8.40. The minimum Gasteiger partial charge on any atom is -0.520 e. The number of carbonyl (C=O) groups excluding carboxylic acids is 2. The topological polar surface area (TPSA) is 52.6 Å². The Morgan fingerprint density at radius 3 is 1.73 bits per heavy atom. The minimum atomic E-state index is -1.88. The molecule has 2 atom stereocenters. The number of rotatable bonds is 4. The average Bonchev–Trinajstić information content (AvgIpc) is 2.11. The molecule has 0 aliphatic rings. The maximum Gasteiger partial charge on any atom is 0.309 e. The fourth-order valence-electron chi connectivity index (χ4n) is 0.989. The van der Waals surface area contributed by atoms with Crippen LogP contribution in [-0.2, 0) is 18.8 Å². The van der Waals surface area contributed by atoms with E-state index in [4.69, 9.17) is 4.43 Å². The third-order valence-corrected chi connectivity index (χ3v) is 2.92. The van der Waals surface area contributed by atoms with Gasteiger partial charge in [0.15, 0.2) is 0 Å². The van der Waals surface area contributed by atoms with Crippen molar-refractivity contribution in [2.24, 2.45) is 11.8 Å². The van der Waals surface area contributed by atoms with Crippen LogP contribution in [0.5, 0.6) is 0 Å². The third kappa shape index (κ3) is 4.97. The van der Waals surface area contributed by atoms with Gasteiger partial charge in [-0.3, -0.25) is 9.59 Å². The Morgan fingerprint density at radius 1 is 1.00 bits per heavy atom. The lowest BCUT2D eigenvalue weighted by atomic mass is 9.97. The highest BCUT2D eigenvalue weighted by Crippen LogP contribution is 2.17.